The Bertz CT molecular complexity index is 774. The number of carbonyl (C=O) groups excluding carboxylic acids is 2. The van der Waals surface area contributed by atoms with E-state index in [1.165, 1.54) is 25.1 Å². The molecule has 0 saturated heterocycles. The van der Waals surface area contributed by atoms with Gasteiger partial charge in [0.15, 0.2) is 0 Å². The fourth-order valence-corrected chi connectivity index (χ4v) is 2.83. The van der Waals surface area contributed by atoms with Crippen molar-refractivity contribution in [1.82, 2.24) is 5.32 Å². The summed E-state index contributed by atoms with van der Waals surface area (Å²) in [5.41, 5.74) is 3.27. The van der Waals surface area contributed by atoms with E-state index >= 15 is 0 Å². The molecule has 0 unspecified atom stereocenters. The van der Waals surface area contributed by atoms with Crippen molar-refractivity contribution in [1.29, 1.82) is 0 Å². The fraction of sp³-hybridized carbons (Fsp3) is 0.300. The van der Waals surface area contributed by atoms with E-state index in [1.807, 2.05) is 32.0 Å². The first kappa shape index (κ1) is 18.6. The van der Waals surface area contributed by atoms with Crippen LogP contribution in [0.25, 0.3) is 0 Å². The molecule has 0 atom stereocenters. The van der Waals surface area contributed by atoms with Crippen molar-refractivity contribution < 1.29 is 14.0 Å². The lowest BCUT2D eigenvalue weighted by Crippen LogP contribution is -2.38. The number of anilines is 1. The largest absolute Gasteiger partial charge is 0.350 e. The van der Waals surface area contributed by atoms with Crippen molar-refractivity contribution in [2.45, 2.75) is 27.2 Å². The van der Waals surface area contributed by atoms with Crippen LogP contribution in [0.1, 0.15) is 35.3 Å². The number of nitrogens with one attached hydrogen (secondary N) is 1. The van der Waals surface area contributed by atoms with Crippen LogP contribution < -0.4 is 10.2 Å². The molecule has 0 radical (unpaired) electrons. The highest BCUT2D eigenvalue weighted by molar-refractivity contribution is 5.95. The maximum absolute atomic E-state index is 13.2. The van der Waals surface area contributed by atoms with Crippen LogP contribution >= 0.6 is 0 Å². The second kappa shape index (κ2) is 8.42. The fourth-order valence-electron chi connectivity index (χ4n) is 2.83. The predicted octanol–water partition coefficient (Wildman–Crippen LogP) is 3.48. The SMILES string of the molecule is CCc1cccc(C)c1N(CCNC(=O)c1cccc(F)c1)C(C)=O. The molecule has 1 N–H and O–H groups in total. The first-order valence-electron chi connectivity index (χ1n) is 8.34. The van der Waals surface area contributed by atoms with Gasteiger partial charge in [-0.15, -0.1) is 0 Å². The first-order chi connectivity index (χ1) is 11.9. The predicted molar refractivity (Wildman–Crippen MR) is 97.3 cm³/mol. The van der Waals surface area contributed by atoms with E-state index in [9.17, 15) is 14.0 Å². The molecule has 0 saturated carbocycles. The molecule has 5 heteroatoms. The third kappa shape index (κ3) is 4.66. The van der Waals surface area contributed by atoms with Gasteiger partial charge in [0.05, 0.1) is 0 Å². The lowest BCUT2D eigenvalue weighted by atomic mass is 10.0. The van der Waals surface area contributed by atoms with E-state index in [-0.39, 0.29) is 23.9 Å². The lowest BCUT2D eigenvalue weighted by Gasteiger charge is -2.26. The Kier molecular flexibility index (Phi) is 6.28. The van der Waals surface area contributed by atoms with Gasteiger partial charge in [-0.3, -0.25) is 9.59 Å². The minimum atomic E-state index is -0.453. The number of hydrogen-bond acceptors (Lipinski definition) is 2. The van der Waals surface area contributed by atoms with E-state index in [4.69, 9.17) is 0 Å². The molecule has 132 valence electrons. The monoisotopic (exact) mass is 342 g/mol. The quantitative estimate of drug-likeness (QED) is 0.874. The summed E-state index contributed by atoms with van der Waals surface area (Å²) < 4.78 is 13.2. The summed E-state index contributed by atoms with van der Waals surface area (Å²) in [5.74, 6) is -0.891. The number of aryl methyl sites for hydroxylation is 2. The van der Waals surface area contributed by atoms with Gasteiger partial charge in [0, 0.05) is 31.3 Å². The highest BCUT2D eigenvalue weighted by atomic mass is 19.1. The van der Waals surface area contributed by atoms with Gasteiger partial charge < -0.3 is 10.2 Å². The third-order valence-electron chi connectivity index (χ3n) is 4.06. The summed E-state index contributed by atoms with van der Waals surface area (Å²) in [5, 5.41) is 2.74. The molecule has 2 amide bonds. The van der Waals surface area contributed by atoms with Crippen LogP contribution in [0, 0.1) is 12.7 Å². The number of amides is 2. The molecule has 2 aromatic carbocycles. The zero-order valence-corrected chi connectivity index (χ0v) is 14.8. The summed E-state index contributed by atoms with van der Waals surface area (Å²) >= 11 is 0. The second-order valence-electron chi connectivity index (χ2n) is 5.87. The molecule has 0 heterocycles. The van der Waals surface area contributed by atoms with E-state index in [1.54, 1.807) is 11.0 Å². The highest BCUT2D eigenvalue weighted by Gasteiger charge is 2.17. The molecular formula is C20H23FN2O2. The number of rotatable bonds is 6. The van der Waals surface area contributed by atoms with E-state index in [0.29, 0.717) is 6.54 Å². The molecule has 0 aliphatic heterocycles. The van der Waals surface area contributed by atoms with E-state index in [0.717, 1.165) is 23.2 Å². The highest BCUT2D eigenvalue weighted by Crippen LogP contribution is 2.25. The van der Waals surface area contributed by atoms with Crippen LogP contribution in [0.2, 0.25) is 0 Å². The summed E-state index contributed by atoms with van der Waals surface area (Å²) in [6.45, 7) is 6.17. The van der Waals surface area contributed by atoms with Crippen LogP contribution in [-0.2, 0) is 11.2 Å². The Balaban J connectivity index is 2.09. The van der Waals surface area contributed by atoms with E-state index in [2.05, 4.69) is 5.32 Å². The summed E-state index contributed by atoms with van der Waals surface area (Å²) in [7, 11) is 0. The molecule has 0 aliphatic rings. The number of halogens is 1. The van der Waals surface area contributed by atoms with Gasteiger partial charge in [-0.25, -0.2) is 4.39 Å². The number of benzene rings is 2. The zero-order chi connectivity index (χ0) is 18.4. The lowest BCUT2D eigenvalue weighted by molar-refractivity contribution is -0.116. The number of hydrogen-bond donors (Lipinski definition) is 1. The van der Waals surface area contributed by atoms with Crippen molar-refractivity contribution in [2.24, 2.45) is 0 Å². The maximum atomic E-state index is 13.2. The summed E-state index contributed by atoms with van der Waals surface area (Å²) in [6.07, 6.45) is 0.816. The number of para-hydroxylation sites is 1. The van der Waals surface area contributed by atoms with Crippen molar-refractivity contribution in [3.05, 3.63) is 65.0 Å². The molecule has 0 fully saturated rings. The van der Waals surface area contributed by atoms with Gasteiger partial charge >= 0.3 is 0 Å². The average molecular weight is 342 g/mol. The Morgan fingerprint density at radius 2 is 1.88 bits per heavy atom. The van der Waals surface area contributed by atoms with Crippen molar-refractivity contribution in [2.75, 3.05) is 18.0 Å². The first-order valence-corrected chi connectivity index (χ1v) is 8.34. The Labute approximate surface area is 147 Å². The Morgan fingerprint density at radius 1 is 1.16 bits per heavy atom. The van der Waals surface area contributed by atoms with Crippen LogP contribution in [-0.4, -0.2) is 24.9 Å². The van der Waals surface area contributed by atoms with Gasteiger partial charge in [0.1, 0.15) is 5.82 Å². The molecule has 0 aliphatic carbocycles. The maximum Gasteiger partial charge on any atom is 0.251 e. The zero-order valence-electron chi connectivity index (χ0n) is 14.8. The molecule has 0 aromatic heterocycles. The average Bonchev–Trinajstić information content (AvgIpc) is 2.58. The molecule has 4 nitrogen and oxygen atoms in total. The minimum absolute atomic E-state index is 0.0796. The molecule has 25 heavy (non-hydrogen) atoms. The molecule has 2 aromatic rings. The smallest absolute Gasteiger partial charge is 0.251 e. The van der Waals surface area contributed by atoms with Gasteiger partial charge in [0.25, 0.3) is 5.91 Å². The Hall–Kier alpha value is -2.69. The van der Waals surface area contributed by atoms with Gasteiger partial charge in [0.2, 0.25) is 5.91 Å². The van der Waals surface area contributed by atoms with Crippen molar-refractivity contribution in [3.8, 4) is 0 Å². The normalized spacial score (nSPS) is 10.4. The van der Waals surface area contributed by atoms with Crippen molar-refractivity contribution in [3.63, 3.8) is 0 Å². The molecule has 2 rings (SSSR count). The molecule has 0 bridgehead atoms. The topological polar surface area (TPSA) is 49.4 Å². The van der Waals surface area contributed by atoms with Gasteiger partial charge in [-0.1, -0.05) is 31.2 Å². The van der Waals surface area contributed by atoms with Gasteiger partial charge in [-0.2, -0.15) is 0 Å². The Morgan fingerprint density at radius 3 is 2.52 bits per heavy atom. The summed E-state index contributed by atoms with van der Waals surface area (Å²) in [4.78, 5) is 25.9. The van der Waals surface area contributed by atoms with E-state index < -0.39 is 5.82 Å². The number of carbonyl (C=O) groups is 2. The third-order valence-corrected chi connectivity index (χ3v) is 4.06. The van der Waals surface area contributed by atoms with Crippen LogP contribution in [0.4, 0.5) is 10.1 Å². The number of nitrogens with zero attached hydrogens (tertiary/aromatic N) is 1. The van der Waals surface area contributed by atoms with Crippen molar-refractivity contribution >= 4 is 17.5 Å². The van der Waals surface area contributed by atoms with Gasteiger partial charge in [-0.05, 0) is 42.7 Å². The molecule has 0 spiro atoms. The minimum Gasteiger partial charge on any atom is -0.350 e. The van der Waals surface area contributed by atoms with Crippen LogP contribution in [0.5, 0.6) is 0 Å². The standard InChI is InChI=1S/C20H23FN2O2/c1-4-16-8-5-7-14(2)19(16)23(15(3)24)12-11-22-20(25)17-9-6-10-18(21)13-17/h5-10,13H,4,11-12H2,1-3H3,(H,22,25). The summed E-state index contributed by atoms with van der Waals surface area (Å²) in [6, 6.07) is 11.5. The van der Waals surface area contributed by atoms with Crippen LogP contribution in [0.15, 0.2) is 42.5 Å². The molecular weight excluding hydrogens is 319 g/mol. The second-order valence-corrected chi connectivity index (χ2v) is 5.87. The van der Waals surface area contributed by atoms with Crippen LogP contribution in [0.3, 0.4) is 0 Å².